The molecule has 92 valence electrons. The van der Waals surface area contributed by atoms with Crippen LogP contribution in [0.25, 0.3) is 0 Å². The number of carbonyl (C=O) groups is 1. The number of nitrogens with one attached hydrogen (secondary N) is 1. The molecule has 1 aromatic carbocycles. The summed E-state index contributed by atoms with van der Waals surface area (Å²) >= 11 is 0. The van der Waals surface area contributed by atoms with Gasteiger partial charge in [-0.1, -0.05) is 26.0 Å². The third kappa shape index (κ3) is 2.97. The van der Waals surface area contributed by atoms with Gasteiger partial charge >= 0.3 is 6.09 Å². The number of hydrogen-bond donors (Lipinski definition) is 1. The molecule has 1 aliphatic rings. The van der Waals surface area contributed by atoms with Crippen LogP contribution in [0.4, 0.5) is 10.5 Å². The first-order chi connectivity index (χ1) is 8.16. The molecular formula is C13H18N2O2. The van der Waals surface area contributed by atoms with E-state index in [4.69, 9.17) is 4.74 Å². The Kier molecular flexibility index (Phi) is 3.64. The third-order valence-electron chi connectivity index (χ3n) is 2.72. The SMILES string of the molecule is CC(C)NCc1ccc(N2CCOC2=O)cc1. The molecule has 0 spiro atoms. The Balaban J connectivity index is 2.00. The second-order valence-corrected chi connectivity index (χ2v) is 4.47. The van der Waals surface area contributed by atoms with Crippen molar-refractivity contribution in [3.63, 3.8) is 0 Å². The predicted octanol–water partition coefficient (Wildman–Crippen LogP) is 2.14. The molecule has 1 amide bonds. The summed E-state index contributed by atoms with van der Waals surface area (Å²) in [7, 11) is 0. The van der Waals surface area contributed by atoms with Crippen molar-refractivity contribution in [2.24, 2.45) is 0 Å². The average molecular weight is 234 g/mol. The molecule has 1 aromatic rings. The first-order valence-electron chi connectivity index (χ1n) is 5.93. The standard InChI is InChI=1S/C13H18N2O2/c1-10(2)14-9-11-3-5-12(6-4-11)15-7-8-17-13(15)16/h3-6,10,14H,7-9H2,1-2H3. The fourth-order valence-corrected chi connectivity index (χ4v) is 1.74. The van der Waals surface area contributed by atoms with Crippen molar-refractivity contribution in [3.05, 3.63) is 29.8 Å². The van der Waals surface area contributed by atoms with Gasteiger partial charge in [-0.15, -0.1) is 0 Å². The van der Waals surface area contributed by atoms with Crippen LogP contribution in [0.1, 0.15) is 19.4 Å². The van der Waals surface area contributed by atoms with Gasteiger partial charge in [-0.25, -0.2) is 4.79 Å². The molecule has 4 nitrogen and oxygen atoms in total. The van der Waals surface area contributed by atoms with Crippen LogP contribution < -0.4 is 10.2 Å². The van der Waals surface area contributed by atoms with E-state index in [2.05, 4.69) is 19.2 Å². The summed E-state index contributed by atoms with van der Waals surface area (Å²) in [6, 6.07) is 8.48. The van der Waals surface area contributed by atoms with Gasteiger partial charge in [-0.2, -0.15) is 0 Å². The van der Waals surface area contributed by atoms with E-state index in [1.807, 2.05) is 24.3 Å². The number of amides is 1. The molecular weight excluding hydrogens is 216 g/mol. The summed E-state index contributed by atoms with van der Waals surface area (Å²) in [4.78, 5) is 13.0. The van der Waals surface area contributed by atoms with Gasteiger partial charge in [-0.3, -0.25) is 4.90 Å². The molecule has 1 aliphatic heterocycles. The minimum Gasteiger partial charge on any atom is -0.447 e. The molecule has 1 saturated heterocycles. The average Bonchev–Trinajstić information content (AvgIpc) is 2.73. The van der Waals surface area contributed by atoms with Gasteiger partial charge in [0, 0.05) is 18.3 Å². The molecule has 2 rings (SSSR count). The summed E-state index contributed by atoms with van der Waals surface area (Å²) < 4.78 is 4.90. The summed E-state index contributed by atoms with van der Waals surface area (Å²) in [6.45, 7) is 6.21. The monoisotopic (exact) mass is 234 g/mol. The van der Waals surface area contributed by atoms with Crippen LogP contribution in [0.5, 0.6) is 0 Å². The van der Waals surface area contributed by atoms with E-state index in [1.54, 1.807) is 4.90 Å². The second-order valence-electron chi connectivity index (χ2n) is 4.47. The summed E-state index contributed by atoms with van der Waals surface area (Å²) in [5, 5.41) is 3.35. The third-order valence-corrected chi connectivity index (χ3v) is 2.72. The first kappa shape index (κ1) is 11.9. The zero-order valence-electron chi connectivity index (χ0n) is 10.3. The maximum Gasteiger partial charge on any atom is 0.414 e. The van der Waals surface area contributed by atoms with Crippen LogP contribution in [-0.4, -0.2) is 25.3 Å². The number of rotatable bonds is 4. The zero-order chi connectivity index (χ0) is 12.3. The van der Waals surface area contributed by atoms with Crippen LogP contribution >= 0.6 is 0 Å². The minimum atomic E-state index is -0.252. The molecule has 4 heteroatoms. The minimum absolute atomic E-state index is 0.252. The van der Waals surface area contributed by atoms with Gasteiger partial charge in [0.2, 0.25) is 0 Å². The van der Waals surface area contributed by atoms with Gasteiger partial charge in [0.05, 0.1) is 6.54 Å². The Labute approximate surface area is 102 Å². The largest absolute Gasteiger partial charge is 0.447 e. The Hall–Kier alpha value is -1.55. The highest BCUT2D eigenvalue weighted by Crippen LogP contribution is 2.19. The van der Waals surface area contributed by atoms with Crippen molar-refractivity contribution >= 4 is 11.8 Å². The van der Waals surface area contributed by atoms with Crippen molar-refractivity contribution in [2.45, 2.75) is 26.4 Å². The normalized spacial score (nSPS) is 15.5. The van der Waals surface area contributed by atoms with Gasteiger partial charge < -0.3 is 10.1 Å². The fourth-order valence-electron chi connectivity index (χ4n) is 1.74. The Bertz CT molecular complexity index is 387. The van der Waals surface area contributed by atoms with E-state index >= 15 is 0 Å². The molecule has 0 radical (unpaired) electrons. The zero-order valence-corrected chi connectivity index (χ0v) is 10.3. The smallest absolute Gasteiger partial charge is 0.414 e. The molecule has 0 atom stereocenters. The van der Waals surface area contributed by atoms with Crippen molar-refractivity contribution in [2.75, 3.05) is 18.1 Å². The molecule has 0 bridgehead atoms. The Morgan fingerprint density at radius 3 is 2.59 bits per heavy atom. The topological polar surface area (TPSA) is 41.6 Å². The Morgan fingerprint density at radius 2 is 2.06 bits per heavy atom. The van der Waals surface area contributed by atoms with Crippen LogP contribution in [0.3, 0.4) is 0 Å². The number of hydrogen-bond acceptors (Lipinski definition) is 3. The molecule has 0 unspecified atom stereocenters. The second kappa shape index (κ2) is 5.19. The lowest BCUT2D eigenvalue weighted by molar-refractivity contribution is 0.181. The lowest BCUT2D eigenvalue weighted by Gasteiger charge is -2.13. The quantitative estimate of drug-likeness (QED) is 0.867. The Morgan fingerprint density at radius 1 is 1.35 bits per heavy atom. The maximum absolute atomic E-state index is 11.4. The number of cyclic esters (lactones) is 1. The lowest BCUT2D eigenvalue weighted by atomic mass is 10.2. The van der Waals surface area contributed by atoms with E-state index < -0.39 is 0 Å². The lowest BCUT2D eigenvalue weighted by Crippen LogP contribution is -2.23. The molecule has 0 saturated carbocycles. The molecule has 1 heterocycles. The van der Waals surface area contributed by atoms with Crippen molar-refractivity contribution in [1.82, 2.24) is 5.32 Å². The molecule has 1 fully saturated rings. The van der Waals surface area contributed by atoms with Crippen molar-refractivity contribution in [3.8, 4) is 0 Å². The van der Waals surface area contributed by atoms with Gasteiger partial charge in [0.1, 0.15) is 6.61 Å². The van der Waals surface area contributed by atoms with E-state index in [0.29, 0.717) is 19.2 Å². The maximum atomic E-state index is 11.4. The van der Waals surface area contributed by atoms with E-state index in [-0.39, 0.29) is 6.09 Å². The number of anilines is 1. The highest BCUT2D eigenvalue weighted by Gasteiger charge is 2.23. The molecule has 0 aliphatic carbocycles. The summed E-state index contributed by atoms with van der Waals surface area (Å²) in [5.74, 6) is 0. The summed E-state index contributed by atoms with van der Waals surface area (Å²) in [5.41, 5.74) is 2.12. The van der Waals surface area contributed by atoms with Crippen molar-refractivity contribution in [1.29, 1.82) is 0 Å². The van der Waals surface area contributed by atoms with Crippen LogP contribution in [0.2, 0.25) is 0 Å². The van der Waals surface area contributed by atoms with E-state index in [1.165, 1.54) is 5.56 Å². The number of ether oxygens (including phenoxy) is 1. The van der Waals surface area contributed by atoms with E-state index in [0.717, 1.165) is 12.2 Å². The first-order valence-corrected chi connectivity index (χ1v) is 5.93. The highest BCUT2D eigenvalue weighted by molar-refractivity contribution is 5.89. The van der Waals surface area contributed by atoms with E-state index in [9.17, 15) is 4.79 Å². The highest BCUT2D eigenvalue weighted by atomic mass is 16.6. The number of benzene rings is 1. The van der Waals surface area contributed by atoms with Gasteiger partial charge in [0.15, 0.2) is 0 Å². The van der Waals surface area contributed by atoms with Gasteiger partial charge in [-0.05, 0) is 17.7 Å². The molecule has 0 aromatic heterocycles. The fraction of sp³-hybridized carbons (Fsp3) is 0.462. The molecule has 17 heavy (non-hydrogen) atoms. The summed E-state index contributed by atoms with van der Waals surface area (Å²) in [6.07, 6.45) is -0.252. The number of nitrogens with zero attached hydrogens (tertiary/aromatic N) is 1. The van der Waals surface area contributed by atoms with Crippen LogP contribution in [0, 0.1) is 0 Å². The molecule has 1 N–H and O–H groups in total. The van der Waals surface area contributed by atoms with Crippen LogP contribution in [0.15, 0.2) is 24.3 Å². The van der Waals surface area contributed by atoms with Gasteiger partial charge in [0.25, 0.3) is 0 Å². The van der Waals surface area contributed by atoms with Crippen molar-refractivity contribution < 1.29 is 9.53 Å². The predicted molar refractivity (Wildman–Crippen MR) is 67.1 cm³/mol. The van der Waals surface area contributed by atoms with Crippen LogP contribution in [-0.2, 0) is 11.3 Å². The number of carbonyl (C=O) groups excluding carboxylic acids is 1.